The van der Waals surface area contributed by atoms with Gasteiger partial charge >= 0.3 is 0 Å². The van der Waals surface area contributed by atoms with Crippen LogP contribution in [0.15, 0.2) is 35.4 Å². The topological polar surface area (TPSA) is 82.5 Å². The van der Waals surface area contributed by atoms with Gasteiger partial charge in [0.05, 0.1) is 0 Å². The Balaban J connectivity index is 1.45. The zero-order valence-electron chi connectivity index (χ0n) is 19.4. The maximum Gasteiger partial charge on any atom is 0.258 e. The molecule has 0 aliphatic carbocycles. The van der Waals surface area contributed by atoms with Crippen LogP contribution in [0.1, 0.15) is 43.9 Å². The summed E-state index contributed by atoms with van der Waals surface area (Å²) in [5.41, 5.74) is 10.1. The van der Waals surface area contributed by atoms with Crippen LogP contribution in [-0.2, 0) is 24.3 Å². The second-order valence-electron chi connectivity index (χ2n) is 9.61. The van der Waals surface area contributed by atoms with Crippen molar-refractivity contribution in [1.29, 1.82) is 0 Å². The molecule has 0 aromatic carbocycles. The first kappa shape index (κ1) is 22.3. The first-order chi connectivity index (χ1) is 16.1. The van der Waals surface area contributed by atoms with Crippen LogP contribution >= 0.6 is 0 Å². The molecular weight excluding hydrogens is 416 g/mol. The van der Waals surface area contributed by atoms with E-state index in [2.05, 4.69) is 27.7 Å². The van der Waals surface area contributed by atoms with Crippen molar-refractivity contribution in [2.45, 2.75) is 64.2 Å². The molecule has 3 aliphatic heterocycles. The van der Waals surface area contributed by atoms with Crippen molar-refractivity contribution < 1.29 is 4.79 Å². The van der Waals surface area contributed by atoms with Crippen molar-refractivity contribution in [2.75, 3.05) is 26.2 Å². The van der Waals surface area contributed by atoms with Crippen LogP contribution in [0.25, 0.3) is 11.1 Å². The molecule has 0 saturated carbocycles. The van der Waals surface area contributed by atoms with E-state index in [1.165, 1.54) is 19.3 Å². The molecule has 2 saturated heterocycles. The zero-order valence-corrected chi connectivity index (χ0v) is 19.4. The summed E-state index contributed by atoms with van der Waals surface area (Å²) < 4.78 is 1.99. The number of piperidine rings is 1. The first-order valence-electron chi connectivity index (χ1n) is 12.3. The molecule has 176 valence electrons. The summed E-state index contributed by atoms with van der Waals surface area (Å²) in [5.74, 6) is 0.133. The molecule has 5 heterocycles. The molecule has 0 bridgehead atoms. The monoisotopic (exact) mass is 450 g/mol. The van der Waals surface area contributed by atoms with E-state index in [4.69, 9.17) is 0 Å². The van der Waals surface area contributed by atoms with E-state index in [9.17, 15) is 9.59 Å². The van der Waals surface area contributed by atoms with Crippen LogP contribution in [0.5, 0.6) is 0 Å². The van der Waals surface area contributed by atoms with E-state index in [0.29, 0.717) is 31.6 Å². The number of rotatable bonds is 5. The minimum Gasteiger partial charge on any atom is -0.337 e. The van der Waals surface area contributed by atoms with Gasteiger partial charge in [0.15, 0.2) is 0 Å². The second-order valence-corrected chi connectivity index (χ2v) is 9.61. The van der Waals surface area contributed by atoms with Gasteiger partial charge in [0.25, 0.3) is 5.56 Å². The second kappa shape index (κ2) is 9.75. The summed E-state index contributed by atoms with van der Waals surface area (Å²) in [5, 5.41) is 0. The van der Waals surface area contributed by atoms with Gasteiger partial charge in [-0.05, 0) is 68.6 Å². The van der Waals surface area contributed by atoms with Crippen LogP contribution < -0.4 is 16.4 Å². The van der Waals surface area contributed by atoms with Crippen molar-refractivity contribution in [3.8, 4) is 11.1 Å². The van der Waals surface area contributed by atoms with Crippen LogP contribution in [-0.4, -0.2) is 63.5 Å². The number of nitrogens with one attached hydrogen (secondary N) is 2. The van der Waals surface area contributed by atoms with Gasteiger partial charge in [-0.1, -0.05) is 6.42 Å². The maximum atomic E-state index is 13.6. The molecule has 2 aromatic heterocycles. The fourth-order valence-electron chi connectivity index (χ4n) is 5.40. The number of pyridine rings is 2. The van der Waals surface area contributed by atoms with Gasteiger partial charge in [-0.3, -0.25) is 20.0 Å². The number of hydrazine groups is 1. The summed E-state index contributed by atoms with van der Waals surface area (Å²) in [7, 11) is 0. The molecule has 2 fully saturated rings. The molecule has 3 aliphatic rings. The minimum absolute atomic E-state index is 0.0622. The molecule has 8 nitrogen and oxygen atoms in total. The fraction of sp³-hybridized carbons (Fsp3) is 0.560. The highest BCUT2D eigenvalue weighted by molar-refractivity contribution is 5.82. The third-order valence-electron chi connectivity index (χ3n) is 7.25. The van der Waals surface area contributed by atoms with E-state index in [-0.39, 0.29) is 23.6 Å². The molecule has 0 radical (unpaired) electrons. The minimum atomic E-state index is -0.189. The molecule has 0 spiro atoms. The van der Waals surface area contributed by atoms with E-state index in [0.717, 1.165) is 42.9 Å². The van der Waals surface area contributed by atoms with Crippen molar-refractivity contribution >= 4 is 5.91 Å². The maximum absolute atomic E-state index is 13.6. The predicted molar refractivity (Wildman–Crippen MR) is 127 cm³/mol. The lowest BCUT2D eigenvalue weighted by Gasteiger charge is -2.33. The SMILES string of the molecule is CC1CC(C(=O)N2CCc3c(cc(-c4ccncc4)c(=O)n3CCN3CCCCC3)C2)NN1. The van der Waals surface area contributed by atoms with E-state index < -0.39 is 0 Å². The Bertz CT molecular complexity index is 1050. The molecule has 5 rings (SSSR count). The number of hydrogen-bond donors (Lipinski definition) is 2. The van der Waals surface area contributed by atoms with Gasteiger partial charge in [0.1, 0.15) is 6.04 Å². The van der Waals surface area contributed by atoms with Crippen LogP contribution in [0.3, 0.4) is 0 Å². The normalized spacial score (nSPS) is 23.5. The molecule has 2 unspecified atom stereocenters. The average Bonchev–Trinajstić information content (AvgIpc) is 3.30. The number of carbonyl (C=O) groups excluding carboxylic acids is 1. The van der Waals surface area contributed by atoms with E-state index in [1.54, 1.807) is 12.4 Å². The number of amides is 1. The van der Waals surface area contributed by atoms with Crippen molar-refractivity contribution in [3.05, 3.63) is 52.2 Å². The highest BCUT2D eigenvalue weighted by Crippen LogP contribution is 2.25. The largest absolute Gasteiger partial charge is 0.337 e. The number of hydrogen-bond acceptors (Lipinski definition) is 6. The zero-order chi connectivity index (χ0) is 22.8. The fourth-order valence-corrected chi connectivity index (χ4v) is 5.40. The number of nitrogens with zero attached hydrogens (tertiary/aromatic N) is 4. The highest BCUT2D eigenvalue weighted by atomic mass is 16.2. The summed E-state index contributed by atoms with van der Waals surface area (Å²) in [6.07, 6.45) is 8.73. The van der Waals surface area contributed by atoms with Gasteiger partial charge in [-0.15, -0.1) is 0 Å². The van der Waals surface area contributed by atoms with Gasteiger partial charge in [-0.25, -0.2) is 5.43 Å². The van der Waals surface area contributed by atoms with Gasteiger partial charge in [-0.2, -0.15) is 0 Å². The Kier molecular flexibility index (Phi) is 6.57. The Morgan fingerprint density at radius 1 is 1.09 bits per heavy atom. The smallest absolute Gasteiger partial charge is 0.258 e. The third kappa shape index (κ3) is 4.74. The summed E-state index contributed by atoms with van der Waals surface area (Å²) in [6, 6.07) is 5.88. The van der Waals surface area contributed by atoms with Gasteiger partial charge < -0.3 is 14.4 Å². The molecule has 33 heavy (non-hydrogen) atoms. The third-order valence-corrected chi connectivity index (χ3v) is 7.25. The van der Waals surface area contributed by atoms with Gasteiger partial charge in [0, 0.05) is 62.3 Å². The van der Waals surface area contributed by atoms with E-state index >= 15 is 0 Å². The van der Waals surface area contributed by atoms with Crippen molar-refractivity contribution in [1.82, 2.24) is 30.2 Å². The number of aromatic nitrogens is 2. The van der Waals surface area contributed by atoms with Crippen molar-refractivity contribution in [2.24, 2.45) is 0 Å². The average molecular weight is 451 g/mol. The van der Waals surface area contributed by atoms with Crippen LogP contribution in [0.2, 0.25) is 0 Å². The Morgan fingerprint density at radius 3 is 2.61 bits per heavy atom. The Labute approximate surface area is 195 Å². The van der Waals surface area contributed by atoms with Crippen molar-refractivity contribution in [3.63, 3.8) is 0 Å². The van der Waals surface area contributed by atoms with Gasteiger partial charge in [0.2, 0.25) is 5.91 Å². The molecule has 2 atom stereocenters. The van der Waals surface area contributed by atoms with Crippen LogP contribution in [0.4, 0.5) is 0 Å². The molecule has 8 heteroatoms. The molecule has 2 N–H and O–H groups in total. The lowest BCUT2D eigenvalue weighted by atomic mass is 9.98. The Hall–Kier alpha value is -2.55. The highest BCUT2D eigenvalue weighted by Gasteiger charge is 2.33. The standard InChI is InChI=1S/C25H34N6O2/c1-18-15-22(28-27-18)25(33)30-12-7-23-20(17-30)16-21(19-5-8-26-9-6-19)24(32)31(23)14-13-29-10-3-2-4-11-29/h5-6,8-9,16,18,22,27-28H,2-4,7,10-15,17H2,1H3. The quantitative estimate of drug-likeness (QED) is 0.719. The molecule has 2 aromatic rings. The number of likely N-dealkylation sites (tertiary alicyclic amines) is 1. The first-order valence-corrected chi connectivity index (χ1v) is 12.3. The summed E-state index contributed by atoms with van der Waals surface area (Å²) in [6.45, 7) is 7.09. The number of fused-ring (bicyclic) bond motifs is 1. The van der Waals surface area contributed by atoms with E-state index in [1.807, 2.05) is 27.7 Å². The summed E-state index contributed by atoms with van der Waals surface area (Å²) in [4.78, 5) is 35.3. The van der Waals surface area contributed by atoms with Crippen LogP contribution in [0, 0.1) is 0 Å². The lowest BCUT2D eigenvalue weighted by molar-refractivity contribution is -0.134. The Morgan fingerprint density at radius 2 is 1.88 bits per heavy atom. The summed E-state index contributed by atoms with van der Waals surface area (Å²) >= 11 is 0. The molecule has 1 amide bonds. The number of carbonyl (C=O) groups is 1. The molecular formula is C25H34N6O2. The predicted octanol–water partition coefficient (Wildman–Crippen LogP) is 1.54. The lowest BCUT2D eigenvalue weighted by Crippen LogP contribution is -2.48.